The fraction of sp³-hybridized carbons (Fsp3) is 0.429. The topological polar surface area (TPSA) is 37.1 Å². The van der Waals surface area contributed by atoms with Gasteiger partial charge in [0.2, 0.25) is 0 Å². The molecule has 52 valence electrons. The molecule has 3 nitrogen and oxygen atoms in total. The van der Waals surface area contributed by atoms with Crippen molar-refractivity contribution in [3.8, 4) is 0 Å². The lowest BCUT2D eigenvalue weighted by molar-refractivity contribution is 0.882. The molecule has 0 unspecified atom stereocenters. The molecule has 0 N–H and O–H groups in total. The van der Waals surface area contributed by atoms with E-state index in [1.54, 1.807) is 6.08 Å². The number of nitrogens with zero attached hydrogens (tertiary/aromatic N) is 3. The van der Waals surface area contributed by atoms with Crippen LogP contribution in [0.2, 0.25) is 0 Å². The normalized spacial score (nSPS) is 15.7. The summed E-state index contributed by atoms with van der Waals surface area (Å²) in [6.45, 7) is 4.11. The van der Waals surface area contributed by atoms with E-state index >= 15 is 0 Å². The lowest BCUT2D eigenvalue weighted by atomic mass is 10.1. The Kier molecular flexibility index (Phi) is 2.13. The highest BCUT2D eigenvalue weighted by atomic mass is 15.2. The fourth-order valence-electron chi connectivity index (χ4n) is 0.566. The summed E-state index contributed by atoms with van der Waals surface area (Å²) >= 11 is 0. The minimum absolute atomic E-state index is 0.387. The minimum atomic E-state index is 0.387. The monoisotopic (exact) mass is 135 g/mol. The van der Waals surface area contributed by atoms with Gasteiger partial charge in [-0.1, -0.05) is 13.8 Å². The molecular weight excluding hydrogens is 126 g/mol. The molecule has 0 aromatic rings. The first-order valence-electron chi connectivity index (χ1n) is 3.18. The van der Waals surface area contributed by atoms with Crippen LogP contribution in [-0.4, -0.2) is 17.9 Å². The lowest BCUT2D eigenvalue weighted by Gasteiger charge is -1.98. The zero-order chi connectivity index (χ0) is 7.40. The zero-order valence-electron chi connectivity index (χ0n) is 6.07. The van der Waals surface area contributed by atoms with Crippen molar-refractivity contribution in [2.45, 2.75) is 13.8 Å². The van der Waals surface area contributed by atoms with Crippen LogP contribution in [0, 0.1) is 5.92 Å². The largest absolute Gasteiger partial charge is 0.192 e. The van der Waals surface area contributed by atoms with Crippen LogP contribution in [0.15, 0.2) is 21.3 Å². The third-order valence-electron chi connectivity index (χ3n) is 1.16. The Morgan fingerprint density at radius 1 is 1.50 bits per heavy atom. The van der Waals surface area contributed by atoms with Crippen molar-refractivity contribution in [3.63, 3.8) is 0 Å². The van der Waals surface area contributed by atoms with Crippen LogP contribution in [0.1, 0.15) is 13.8 Å². The summed E-state index contributed by atoms with van der Waals surface area (Å²) in [7, 11) is 0. The lowest BCUT2D eigenvalue weighted by Crippen LogP contribution is -2.02. The standard InChI is InChI=1S/C7H9N3/c1-6(2)7-3-4-8-5-9-10-7/h3,5-6H,1-2H3. The van der Waals surface area contributed by atoms with E-state index in [1.807, 2.05) is 0 Å². The van der Waals surface area contributed by atoms with Gasteiger partial charge in [-0.3, -0.25) is 0 Å². The van der Waals surface area contributed by atoms with Crippen LogP contribution in [0.25, 0.3) is 0 Å². The molecule has 1 heterocycles. The Bertz CT molecular complexity index is 229. The quantitative estimate of drug-likeness (QED) is 0.519. The van der Waals surface area contributed by atoms with E-state index in [0.29, 0.717) is 5.92 Å². The summed E-state index contributed by atoms with van der Waals surface area (Å²) in [5.41, 5.74) is 0.914. The molecule has 0 spiro atoms. The molecule has 1 aliphatic heterocycles. The molecule has 0 saturated carbocycles. The van der Waals surface area contributed by atoms with E-state index in [9.17, 15) is 0 Å². The van der Waals surface area contributed by atoms with Gasteiger partial charge in [0.05, 0.1) is 5.71 Å². The Balaban J connectivity index is 2.86. The molecule has 3 heteroatoms. The highest BCUT2D eigenvalue weighted by Crippen LogP contribution is 1.98. The summed E-state index contributed by atoms with van der Waals surface area (Å²) in [5.74, 6) is 3.09. The third kappa shape index (κ3) is 1.64. The molecule has 0 aromatic carbocycles. The highest BCUT2D eigenvalue weighted by molar-refractivity contribution is 6.03. The van der Waals surface area contributed by atoms with Gasteiger partial charge < -0.3 is 0 Å². The van der Waals surface area contributed by atoms with E-state index in [0.717, 1.165) is 5.71 Å². The van der Waals surface area contributed by atoms with Crippen molar-refractivity contribution < 1.29 is 0 Å². The first-order chi connectivity index (χ1) is 4.80. The molecule has 0 fully saturated rings. The molecule has 0 radical (unpaired) electrons. The first kappa shape index (κ1) is 6.90. The average molecular weight is 135 g/mol. The summed E-state index contributed by atoms with van der Waals surface area (Å²) in [4.78, 5) is 3.69. The van der Waals surface area contributed by atoms with Crippen LogP contribution in [0.5, 0.6) is 0 Å². The summed E-state index contributed by atoms with van der Waals surface area (Å²) in [6.07, 6.45) is 3.13. The van der Waals surface area contributed by atoms with Crippen molar-refractivity contribution in [2.75, 3.05) is 0 Å². The van der Waals surface area contributed by atoms with E-state index in [1.165, 1.54) is 6.34 Å². The number of aliphatic imine (C=N–C) groups is 1. The maximum atomic E-state index is 3.90. The van der Waals surface area contributed by atoms with E-state index in [4.69, 9.17) is 0 Å². The van der Waals surface area contributed by atoms with Gasteiger partial charge in [0.1, 0.15) is 6.34 Å². The summed E-state index contributed by atoms with van der Waals surface area (Å²) in [6, 6.07) is 0. The van der Waals surface area contributed by atoms with Crippen molar-refractivity contribution in [2.24, 2.45) is 21.1 Å². The van der Waals surface area contributed by atoms with E-state index < -0.39 is 0 Å². The zero-order valence-corrected chi connectivity index (χ0v) is 6.07. The molecule has 0 atom stereocenters. The van der Waals surface area contributed by atoms with Gasteiger partial charge in [-0.25, -0.2) is 0 Å². The maximum Gasteiger partial charge on any atom is 0.147 e. The first-order valence-corrected chi connectivity index (χ1v) is 3.18. The second kappa shape index (κ2) is 3.08. The Morgan fingerprint density at radius 2 is 2.30 bits per heavy atom. The third-order valence-corrected chi connectivity index (χ3v) is 1.16. The number of rotatable bonds is 1. The van der Waals surface area contributed by atoms with Gasteiger partial charge in [-0.05, 0) is 11.8 Å². The SMILES string of the molecule is CC(C)C1=NN=CN=C=C1. The van der Waals surface area contributed by atoms with Crippen molar-refractivity contribution >= 4 is 17.9 Å². The number of allylic oxidation sites excluding steroid dienone is 1. The summed E-state index contributed by atoms with van der Waals surface area (Å²) in [5, 5.41) is 7.57. The molecule has 0 bridgehead atoms. The van der Waals surface area contributed by atoms with Gasteiger partial charge in [0.15, 0.2) is 0 Å². The van der Waals surface area contributed by atoms with Gasteiger partial charge in [0, 0.05) is 6.08 Å². The molecule has 1 aliphatic rings. The number of hydrogen-bond acceptors (Lipinski definition) is 3. The second-order valence-electron chi connectivity index (χ2n) is 2.31. The fourth-order valence-corrected chi connectivity index (χ4v) is 0.566. The van der Waals surface area contributed by atoms with Crippen molar-refractivity contribution in [3.05, 3.63) is 6.08 Å². The molecule has 10 heavy (non-hydrogen) atoms. The van der Waals surface area contributed by atoms with Crippen LogP contribution in [0.3, 0.4) is 0 Å². The van der Waals surface area contributed by atoms with Gasteiger partial charge in [-0.15, -0.1) is 5.10 Å². The van der Waals surface area contributed by atoms with Crippen LogP contribution in [0.4, 0.5) is 0 Å². The second-order valence-corrected chi connectivity index (χ2v) is 2.31. The van der Waals surface area contributed by atoms with E-state index in [2.05, 4.69) is 34.9 Å². The molecule has 0 amide bonds. The molecular formula is C7H9N3. The predicted octanol–water partition coefficient (Wildman–Crippen LogP) is 1.27. The van der Waals surface area contributed by atoms with Crippen LogP contribution >= 0.6 is 0 Å². The Labute approximate surface area is 59.9 Å². The molecule has 0 aliphatic carbocycles. The van der Waals surface area contributed by atoms with Crippen molar-refractivity contribution in [1.82, 2.24) is 0 Å². The Morgan fingerprint density at radius 3 is 3.00 bits per heavy atom. The minimum Gasteiger partial charge on any atom is -0.192 e. The smallest absolute Gasteiger partial charge is 0.147 e. The Hall–Kier alpha value is -1.21. The van der Waals surface area contributed by atoms with E-state index in [-0.39, 0.29) is 0 Å². The maximum absolute atomic E-state index is 3.90. The van der Waals surface area contributed by atoms with Crippen LogP contribution in [-0.2, 0) is 0 Å². The molecule has 1 rings (SSSR count). The van der Waals surface area contributed by atoms with Gasteiger partial charge in [0.25, 0.3) is 0 Å². The van der Waals surface area contributed by atoms with Crippen molar-refractivity contribution in [1.29, 1.82) is 0 Å². The van der Waals surface area contributed by atoms with Crippen LogP contribution < -0.4 is 0 Å². The van der Waals surface area contributed by atoms with Gasteiger partial charge in [-0.2, -0.15) is 10.1 Å². The average Bonchev–Trinajstić information content (AvgIpc) is 2.12. The molecule has 0 saturated heterocycles. The summed E-state index contributed by atoms with van der Waals surface area (Å²) < 4.78 is 0. The highest BCUT2D eigenvalue weighted by Gasteiger charge is 2.00. The van der Waals surface area contributed by atoms with Gasteiger partial charge >= 0.3 is 0 Å². The number of hydrogen-bond donors (Lipinski definition) is 0. The predicted molar refractivity (Wildman–Crippen MR) is 42.8 cm³/mol. The molecule has 0 aromatic heterocycles.